The Kier molecular flexibility index (Phi) is 7.81. The van der Waals surface area contributed by atoms with Crippen LogP contribution < -0.4 is 5.32 Å². The standard InChI is InChI=1S/C34H32FN7O3S/c1-46(44,45)11-10-20-12-22(14-24(35)13-20)26-8-5-9-28-31(26)40-33(39-28)32-27-16-29(37-19-30(27)41-42-32)23-15-25(18-36-17-23)38-34(43)21-6-3-2-4-7-21/h5,8-9,12-19,21H,2-4,6-7,10-11H2,1H3,(H,38,43)(H,39,40)(H,41,42). The van der Waals surface area contributed by atoms with Gasteiger partial charge in [-0.1, -0.05) is 37.5 Å². The normalized spacial score (nSPS) is 14.2. The summed E-state index contributed by atoms with van der Waals surface area (Å²) in [5.41, 5.74) is 6.63. The first-order valence-electron chi connectivity index (χ1n) is 15.3. The molecular formula is C34H32FN7O3S. The number of sulfone groups is 1. The summed E-state index contributed by atoms with van der Waals surface area (Å²) in [6.07, 6.45) is 11.6. The molecule has 0 spiro atoms. The van der Waals surface area contributed by atoms with Crippen molar-refractivity contribution in [1.82, 2.24) is 30.1 Å². The summed E-state index contributed by atoms with van der Waals surface area (Å²) in [5, 5.41) is 11.4. The summed E-state index contributed by atoms with van der Waals surface area (Å²) in [4.78, 5) is 30.0. The predicted octanol–water partition coefficient (Wildman–Crippen LogP) is 6.48. The van der Waals surface area contributed by atoms with Gasteiger partial charge in [0.25, 0.3) is 0 Å². The van der Waals surface area contributed by atoms with Gasteiger partial charge in [-0.2, -0.15) is 5.10 Å². The lowest BCUT2D eigenvalue weighted by Crippen LogP contribution is -2.24. The Morgan fingerprint density at radius 2 is 1.85 bits per heavy atom. The topological polar surface area (TPSA) is 146 Å². The lowest BCUT2D eigenvalue weighted by Gasteiger charge is -2.20. The number of anilines is 1. The molecule has 0 aliphatic heterocycles. The van der Waals surface area contributed by atoms with Gasteiger partial charge in [-0.05, 0) is 60.7 Å². The first-order valence-corrected chi connectivity index (χ1v) is 17.3. The lowest BCUT2D eigenvalue weighted by atomic mass is 9.88. The molecule has 0 radical (unpaired) electrons. The van der Waals surface area contributed by atoms with E-state index in [1.54, 1.807) is 24.7 Å². The van der Waals surface area contributed by atoms with Gasteiger partial charge < -0.3 is 10.3 Å². The van der Waals surface area contributed by atoms with Crippen LogP contribution in [0.5, 0.6) is 0 Å². The molecule has 7 rings (SSSR count). The van der Waals surface area contributed by atoms with E-state index in [2.05, 4.69) is 30.5 Å². The summed E-state index contributed by atoms with van der Waals surface area (Å²) in [6, 6.07) is 14.0. The molecule has 1 aliphatic rings. The zero-order valence-electron chi connectivity index (χ0n) is 25.2. The van der Waals surface area contributed by atoms with Crippen LogP contribution in [0.25, 0.3) is 55.8 Å². The third-order valence-corrected chi connectivity index (χ3v) is 9.44. The van der Waals surface area contributed by atoms with Crippen molar-refractivity contribution in [3.63, 3.8) is 0 Å². The molecule has 0 saturated heterocycles. The van der Waals surface area contributed by atoms with Crippen LogP contribution in [-0.2, 0) is 21.1 Å². The Hall–Kier alpha value is -4.97. The van der Waals surface area contributed by atoms with Crippen molar-refractivity contribution in [3.05, 3.63) is 78.5 Å². The fraction of sp³-hybridized carbons (Fsp3) is 0.265. The highest BCUT2D eigenvalue weighted by atomic mass is 32.2. The number of H-pyrrole nitrogens is 2. The van der Waals surface area contributed by atoms with E-state index in [9.17, 15) is 17.6 Å². The average molecular weight is 638 g/mol. The van der Waals surface area contributed by atoms with Gasteiger partial charge >= 0.3 is 0 Å². The molecule has 46 heavy (non-hydrogen) atoms. The summed E-state index contributed by atoms with van der Waals surface area (Å²) in [6.45, 7) is 0. The first-order chi connectivity index (χ1) is 22.2. The van der Waals surface area contributed by atoms with Crippen LogP contribution in [0.2, 0.25) is 0 Å². The van der Waals surface area contributed by atoms with Crippen molar-refractivity contribution in [1.29, 1.82) is 0 Å². The molecule has 1 fully saturated rings. The molecule has 1 aliphatic carbocycles. The number of nitrogens with zero attached hydrogens (tertiary/aromatic N) is 4. The van der Waals surface area contributed by atoms with E-state index in [0.717, 1.165) is 47.7 Å². The molecule has 0 atom stereocenters. The zero-order valence-corrected chi connectivity index (χ0v) is 26.0. The van der Waals surface area contributed by atoms with Gasteiger partial charge in [0.05, 0.1) is 46.1 Å². The Morgan fingerprint density at radius 3 is 2.67 bits per heavy atom. The number of aryl methyl sites for hydroxylation is 1. The monoisotopic (exact) mass is 637 g/mol. The van der Waals surface area contributed by atoms with Gasteiger partial charge in [-0.15, -0.1) is 0 Å². The number of carbonyl (C=O) groups is 1. The minimum Gasteiger partial charge on any atom is -0.337 e. The highest BCUT2D eigenvalue weighted by Crippen LogP contribution is 2.34. The number of rotatable bonds is 8. The van der Waals surface area contributed by atoms with Gasteiger partial charge in [-0.25, -0.2) is 17.8 Å². The molecule has 3 N–H and O–H groups in total. The van der Waals surface area contributed by atoms with Crippen LogP contribution in [0.3, 0.4) is 0 Å². The molecule has 4 heterocycles. The number of fused-ring (bicyclic) bond motifs is 2. The fourth-order valence-electron chi connectivity index (χ4n) is 6.14. The van der Waals surface area contributed by atoms with Gasteiger partial charge in [0, 0.05) is 34.9 Å². The zero-order chi connectivity index (χ0) is 31.8. The quantitative estimate of drug-likeness (QED) is 0.173. The maximum atomic E-state index is 14.7. The van der Waals surface area contributed by atoms with Crippen LogP contribution in [0.15, 0.2) is 67.1 Å². The van der Waals surface area contributed by atoms with Gasteiger partial charge in [0.2, 0.25) is 5.91 Å². The number of amides is 1. The van der Waals surface area contributed by atoms with Crippen LogP contribution >= 0.6 is 0 Å². The fourth-order valence-corrected chi connectivity index (χ4v) is 6.75. The minimum atomic E-state index is -3.19. The number of para-hydroxylation sites is 1. The highest BCUT2D eigenvalue weighted by Gasteiger charge is 2.22. The number of nitrogens with one attached hydrogen (secondary N) is 3. The van der Waals surface area contributed by atoms with Crippen molar-refractivity contribution in [2.24, 2.45) is 5.92 Å². The van der Waals surface area contributed by atoms with Crippen LogP contribution in [0.4, 0.5) is 10.1 Å². The van der Waals surface area contributed by atoms with E-state index in [1.807, 2.05) is 30.3 Å². The van der Waals surface area contributed by atoms with Gasteiger partial charge in [0.15, 0.2) is 5.82 Å². The van der Waals surface area contributed by atoms with Crippen LogP contribution in [0.1, 0.15) is 37.7 Å². The maximum Gasteiger partial charge on any atom is 0.227 e. The van der Waals surface area contributed by atoms with E-state index in [4.69, 9.17) is 4.98 Å². The van der Waals surface area contributed by atoms with Crippen molar-refractivity contribution >= 4 is 43.4 Å². The largest absolute Gasteiger partial charge is 0.337 e. The smallest absolute Gasteiger partial charge is 0.227 e. The van der Waals surface area contributed by atoms with Crippen molar-refractivity contribution in [2.75, 3.05) is 17.3 Å². The second-order valence-corrected chi connectivity index (χ2v) is 14.2. The number of hydrogen-bond acceptors (Lipinski definition) is 7. The molecule has 2 aromatic carbocycles. The number of aromatic amines is 2. The second kappa shape index (κ2) is 12.1. The number of hydrogen-bond donors (Lipinski definition) is 3. The second-order valence-electron chi connectivity index (χ2n) is 12.0. The maximum absolute atomic E-state index is 14.7. The summed E-state index contributed by atoms with van der Waals surface area (Å²) in [5.74, 6) is 0.0790. The van der Waals surface area contributed by atoms with E-state index < -0.39 is 15.7 Å². The van der Waals surface area contributed by atoms with Gasteiger partial charge in [0.1, 0.15) is 21.3 Å². The van der Waals surface area contributed by atoms with E-state index >= 15 is 0 Å². The molecule has 6 aromatic rings. The van der Waals surface area contributed by atoms with Crippen molar-refractivity contribution in [3.8, 4) is 33.9 Å². The van der Waals surface area contributed by atoms with E-state index in [-0.39, 0.29) is 24.0 Å². The molecule has 0 bridgehead atoms. The highest BCUT2D eigenvalue weighted by molar-refractivity contribution is 7.90. The van der Waals surface area contributed by atoms with Gasteiger partial charge in [-0.3, -0.25) is 19.9 Å². The number of benzene rings is 2. The van der Waals surface area contributed by atoms with Crippen LogP contribution in [-0.4, -0.2) is 56.5 Å². The van der Waals surface area contributed by atoms with Crippen molar-refractivity contribution < 1.29 is 17.6 Å². The first kappa shape index (κ1) is 29.7. The van der Waals surface area contributed by atoms with Crippen LogP contribution in [0, 0.1) is 11.7 Å². The Labute approximate surface area is 264 Å². The average Bonchev–Trinajstić information content (AvgIpc) is 3.68. The molecule has 4 aromatic heterocycles. The molecule has 234 valence electrons. The summed E-state index contributed by atoms with van der Waals surface area (Å²) in [7, 11) is -3.19. The molecular weight excluding hydrogens is 605 g/mol. The molecule has 0 unspecified atom stereocenters. The molecule has 12 heteroatoms. The Morgan fingerprint density at radius 1 is 1.00 bits per heavy atom. The number of halogens is 1. The third-order valence-electron chi connectivity index (χ3n) is 8.49. The number of aromatic nitrogens is 6. The van der Waals surface area contributed by atoms with E-state index in [0.29, 0.717) is 45.1 Å². The number of pyridine rings is 2. The van der Waals surface area contributed by atoms with Crippen molar-refractivity contribution in [2.45, 2.75) is 38.5 Å². The predicted molar refractivity (Wildman–Crippen MR) is 176 cm³/mol. The molecule has 1 saturated carbocycles. The minimum absolute atomic E-state index is 0.0341. The Balaban J connectivity index is 1.21. The SMILES string of the molecule is CS(=O)(=O)CCc1cc(F)cc(-c2cccc3[nH]c(-c4n[nH]c5cnc(-c6cncc(NC(=O)C7CCCCC7)c6)cc45)nc23)c1. The molecule has 10 nitrogen and oxygen atoms in total. The third kappa shape index (κ3) is 6.25. The number of carbonyl (C=O) groups excluding carboxylic acids is 1. The summed E-state index contributed by atoms with van der Waals surface area (Å²) < 4.78 is 38.1. The van der Waals surface area contributed by atoms with E-state index in [1.165, 1.54) is 24.8 Å². The summed E-state index contributed by atoms with van der Waals surface area (Å²) >= 11 is 0. The lowest BCUT2D eigenvalue weighted by molar-refractivity contribution is -0.120. The number of imidazole rings is 1. The molecule has 1 amide bonds. The Bertz CT molecular complexity index is 2200.